The zero-order valence-corrected chi connectivity index (χ0v) is 18.5. The molecular formula is C22H22ClNO6S. The van der Waals surface area contributed by atoms with E-state index < -0.39 is 34.4 Å². The smallest absolute Gasteiger partial charge is 0.324 e. The number of hydrogen-bond acceptors (Lipinski definition) is 6. The van der Waals surface area contributed by atoms with Gasteiger partial charge in [0.15, 0.2) is 18.2 Å². The van der Waals surface area contributed by atoms with Crippen molar-refractivity contribution in [1.29, 1.82) is 0 Å². The lowest BCUT2D eigenvalue weighted by atomic mass is 10.1. The zero-order chi connectivity index (χ0) is 22.6. The van der Waals surface area contributed by atoms with Crippen LogP contribution in [0.15, 0.2) is 53.4 Å². The van der Waals surface area contributed by atoms with Gasteiger partial charge in [-0.2, -0.15) is 4.31 Å². The van der Waals surface area contributed by atoms with Crippen LogP contribution in [-0.2, 0) is 19.6 Å². The van der Waals surface area contributed by atoms with Crippen LogP contribution < -0.4 is 0 Å². The summed E-state index contributed by atoms with van der Waals surface area (Å²) in [4.78, 5) is 36.4. The third kappa shape index (κ3) is 5.39. The summed E-state index contributed by atoms with van der Waals surface area (Å²) in [5.41, 5.74) is 0.741. The average Bonchev–Trinajstić information content (AvgIpc) is 2.77. The number of rotatable bonds is 7. The molecule has 1 aliphatic rings. The van der Waals surface area contributed by atoms with Gasteiger partial charge in [0.1, 0.15) is 6.04 Å². The molecule has 1 fully saturated rings. The SMILES string of the molecule is CC(=O)c1ccc(S(=O)(=O)N2CCCCC2C(=O)OCC(=O)c2ccc(Cl)cc2)cc1. The van der Waals surface area contributed by atoms with E-state index in [9.17, 15) is 22.8 Å². The third-order valence-corrected chi connectivity index (χ3v) is 7.28. The number of benzene rings is 2. The summed E-state index contributed by atoms with van der Waals surface area (Å²) in [6, 6.07) is 10.8. The van der Waals surface area contributed by atoms with E-state index in [1.807, 2.05) is 0 Å². The van der Waals surface area contributed by atoms with Gasteiger partial charge in [-0.25, -0.2) is 8.42 Å². The second kappa shape index (κ2) is 9.72. The Kier molecular flexibility index (Phi) is 7.25. The van der Waals surface area contributed by atoms with E-state index in [0.29, 0.717) is 35.4 Å². The summed E-state index contributed by atoms with van der Waals surface area (Å²) >= 11 is 5.80. The van der Waals surface area contributed by atoms with Crippen molar-refractivity contribution >= 4 is 39.2 Å². The maximum Gasteiger partial charge on any atom is 0.324 e. The van der Waals surface area contributed by atoms with E-state index in [0.717, 1.165) is 4.31 Å². The van der Waals surface area contributed by atoms with Crippen LogP contribution in [0.1, 0.15) is 46.9 Å². The van der Waals surface area contributed by atoms with Crippen molar-refractivity contribution in [2.45, 2.75) is 37.1 Å². The first-order valence-electron chi connectivity index (χ1n) is 9.78. The van der Waals surface area contributed by atoms with Crippen molar-refractivity contribution in [3.63, 3.8) is 0 Å². The first kappa shape index (κ1) is 23.1. The van der Waals surface area contributed by atoms with Gasteiger partial charge in [-0.05, 0) is 62.6 Å². The van der Waals surface area contributed by atoms with Crippen molar-refractivity contribution in [3.05, 3.63) is 64.7 Å². The Balaban J connectivity index is 1.73. The molecule has 0 amide bonds. The Morgan fingerprint density at radius 3 is 2.23 bits per heavy atom. The fourth-order valence-electron chi connectivity index (χ4n) is 3.38. The maximum atomic E-state index is 13.1. The lowest BCUT2D eigenvalue weighted by Crippen LogP contribution is -2.48. The minimum absolute atomic E-state index is 0.00515. The Morgan fingerprint density at radius 1 is 1.00 bits per heavy atom. The number of Topliss-reactive ketones (excluding diaryl/α,β-unsaturated/α-hetero) is 2. The number of sulfonamides is 1. The highest BCUT2D eigenvalue weighted by atomic mass is 35.5. The van der Waals surface area contributed by atoms with Crippen molar-refractivity contribution in [1.82, 2.24) is 4.31 Å². The van der Waals surface area contributed by atoms with Gasteiger partial charge in [0.2, 0.25) is 10.0 Å². The summed E-state index contributed by atoms with van der Waals surface area (Å²) in [7, 11) is -3.97. The van der Waals surface area contributed by atoms with Crippen LogP contribution in [0.25, 0.3) is 0 Å². The van der Waals surface area contributed by atoms with Gasteiger partial charge in [0, 0.05) is 22.7 Å². The number of ketones is 2. The third-order valence-electron chi connectivity index (χ3n) is 5.10. The van der Waals surface area contributed by atoms with Gasteiger partial charge >= 0.3 is 5.97 Å². The largest absolute Gasteiger partial charge is 0.456 e. The molecule has 0 saturated carbocycles. The molecule has 31 heavy (non-hydrogen) atoms. The number of carbonyl (C=O) groups is 3. The highest BCUT2D eigenvalue weighted by molar-refractivity contribution is 7.89. The van der Waals surface area contributed by atoms with E-state index in [1.165, 1.54) is 43.3 Å². The number of esters is 1. The van der Waals surface area contributed by atoms with Crippen LogP contribution in [0.3, 0.4) is 0 Å². The van der Waals surface area contributed by atoms with Crippen LogP contribution in [0, 0.1) is 0 Å². The molecule has 1 heterocycles. The zero-order valence-electron chi connectivity index (χ0n) is 16.9. The second-order valence-corrected chi connectivity index (χ2v) is 9.57. The van der Waals surface area contributed by atoms with E-state index in [-0.39, 0.29) is 17.2 Å². The first-order valence-corrected chi connectivity index (χ1v) is 11.6. The Hall–Kier alpha value is -2.55. The quantitative estimate of drug-likeness (QED) is 0.460. The molecule has 2 aromatic rings. The second-order valence-electron chi connectivity index (χ2n) is 7.25. The number of carbonyl (C=O) groups excluding carboxylic acids is 3. The summed E-state index contributed by atoms with van der Waals surface area (Å²) < 4.78 is 32.5. The van der Waals surface area contributed by atoms with Gasteiger partial charge in [-0.15, -0.1) is 0 Å². The van der Waals surface area contributed by atoms with Gasteiger partial charge in [-0.1, -0.05) is 23.7 Å². The normalized spacial score (nSPS) is 17.2. The highest BCUT2D eigenvalue weighted by Crippen LogP contribution is 2.26. The standard InChI is InChI=1S/C22H22ClNO6S/c1-15(25)16-7-11-19(12-8-16)31(28,29)24-13-3-2-4-20(24)22(27)30-14-21(26)17-5-9-18(23)10-6-17/h5-12,20H,2-4,13-14H2,1H3. The van der Waals surface area contributed by atoms with Crippen molar-refractivity contribution in [3.8, 4) is 0 Å². The number of halogens is 1. The van der Waals surface area contributed by atoms with Gasteiger partial charge < -0.3 is 4.74 Å². The topological polar surface area (TPSA) is 97.8 Å². The van der Waals surface area contributed by atoms with Gasteiger partial charge in [0.05, 0.1) is 4.90 Å². The van der Waals surface area contributed by atoms with Crippen LogP contribution in [0.2, 0.25) is 5.02 Å². The molecule has 1 atom stereocenters. The number of piperidine rings is 1. The molecule has 9 heteroatoms. The highest BCUT2D eigenvalue weighted by Gasteiger charge is 2.38. The Bertz CT molecular complexity index is 1080. The molecule has 1 unspecified atom stereocenters. The summed E-state index contributed by atoms with van der Waals surface area (Å²) in [5, 5.41) is 0.480. The monoisotopic (exact) mass is 463 g/mol. The predicted molar refractivity (Wildman–Crippen MR) is 115 cm³/mol. The molecule has 0 bridgehead atoms. The minimum atomic E-state index is -3.97. The van der Waals surface area contributed by atoms with Crippen molar-refractivity contribution in [2.75, 3.05) is 13.2 Å². The van der Waals surface area contributed by atoms with Gasteiger partial charge in [0.25, 0.3) is 0 Å². The van der Waals surface area contributed by atoms with Crippen molar-refractivity contribution < 1.29 is 27.5 Å². The number of nitrogens with zero attached hydrogens (tertiary/aromatic N) is 1. The summed E-state index contributed by atoms with van der Waals surface area (Å²) in [6.07, 6.45) is 1.58. The van der Waals surface area contributed by atoms with E-state index in [2.05, 4.69) is 0 Å². The van der Waals surface area contributed by atoms with Crippen LogP contribution in [-0.4, -0.2) is 49.5 Å². The predicted octanol–water partition coefficient (Wildman–Crippen LogP) is 3.51. The van der Waals surface area contributed by atoms with E-state index >= 15 is 0 Å². The lowest BCUT2D eigenvalue weighted by molar-refractivity contribution is -0.148. The summed E-state index contributed by atoms with van der Waals surface area (Å²) in [5.74, 6) is -1.34. The molecule has 0 aliphatic carbocycles. The first-order chi connectivity index (χ1) is 14.7. The minimum Gasteiger partial charge on any atom is -0.456 e. The molecule has 1 saturated heterocycles. The molecular weight excluding hydrogens is 442 g/mol. The molecule has 0 N–H and O–H groups in total. The molecule has 164 valence electrons. The molecule has 0 aromatic heterocycles. The van der Waals surface area contributed by atoms with E-state index in [4.69, 9.17) is 16.3 Å². The molecule has 0 spiro atoms. The number of ether oxygens (including phenoxy) is 1. The maximum absolute atomic E-state index is 13.1. The molecule has 7 nitrogen and oxygen atoms in total. The van der Waals surface area contributed by atoms with Crippen molar-refractivity contribution in [2.24, 2.45) is 0 Å². The van der Waals surface area contributed by atoms with Crippen LogP contribution in [0.5, 0.6) is 0 Å². The average molecular weight is 464 g/mol. The van der Waals surface area contributed by atoms with E-state index in [1.54, 1.807) is 12.1 Å². The fourth-order valence-corrected chi connectivity index (χ4v) is 5.15. The van der Waals surface area contributed by atoms with Gasteiger partial charge in [-0.3, -0.25) is 14.4 Å². The molecule has 3 rings (SSSR count). The molecule has 0 radical (unpaired) electrons. The lowest BCUT2D eigenvalue weighted by Gasteiger charge is -2.33. The Labute approximate surface area is 186 Å². The molecule has 1 aliphatic heterocycles. The Morgan fingerprint density at radius 2 is 1.61 bits per heavy atom. The fraction of sp³-hybridized carbons (Fsp3) is 0.318. The molecule has 2 aromatic carbocycles. The summed E-state index contributed by atoms with van der Waals surface area (Å²) in [6.45, 7) is 1.07. The van der Waals surface area contributed by atoms with Crippen LogP contribution in [0.4, 0.5) is 0 Å². The van der Waals surface area contributed by atoms with Crippen LogP contribution >= 0.6 is 11.6 Å². The number of hydrogen-bond donors (Lipinski definition) is 0.